The van der Waals surface area contributed by atoms with Crippen LogP contribution in [-0.4, -0.2) is 33.9 Å². The number of fused-ring (bicyclic) bond motifs is 2. The Bertz CT molecular complexity index is 1620. The minimum Gasteiger partial charge on any atom is -0.370 e. The van der Waals surface area contributed by atoms with Crippen molar-refractivity contribution in [3.05, 3.63) is 101 Å². The molecule has 186 valence electrons. The number of H-pyrrole nitrogens is 1. The second kappa shape index (κ2) is 9.65. The van der Waals surface area contributed by atoms with Crippen LogP contribution < -0.4 is 10.2 Å². The highest BCUT2D eigenvalue weighted by molar-refractivity contribution is 5.94. The maximum absolute atomic E-state index is 15.0. The number of nitrogens with one attached hydrogen (secondary N) is 2. The lowest BCUT2D eigenvalue weighted by Crippen LogP contribution is -2.23. The van der Waals surface area contributed by atoms with Crippen LogP contribution in [0.5, 0.6) is 0 Å². The maximum atomic E-state index is 15.0. The van der Waals surface area contributed by atoms with Crippen molar-refractivity contribution in [3.8, 4) is 0 Å². The Morgan fingerprint density at radius 1 is 1.08 bits per heavy atom. The number of nitrogens with zero attached hydrogens (tertiary/aromatic N) is 3. The summed E-state index contributed by atoms with van der Waals surface area (Å²) in [5, 5.41) is 4.52. The molecule has 0 atom stereocenters. The van der Waals surface area contributed by atoms with Gasteiger partial charge in [-0.15, -0.1) is 0 Å². The van der Waals surface area contributed by atoms with Crippen LogP contribution in [0.4, 0.5) is 10.1 Å². The van der Waals surface area contributed by atoms with E-state index in [0.717, 1.165) is 46.3 Å². The Hall–Kier alpha value is -4.26. The number of rotatable bonds is 6. The Morgan fingerprint density at radius 3 is 2.81 bits per heavy atom. The normalized spacial score (nSPS) is 13.5. The Labute approximate surface area is 214 Å². The number of halogens is 1. The third-order valence-electron chi connectivity index (χ3n) is 7.17. The quantitative estimate of drug-likeness (QED) is 0.319. The summed E-state index contributed by atoms with van der Waals surface area (Å²) in [6, 6.07) is 15.5. The molecule has 7 heteroatoms. The van der Waals surface area contributed by atoms with E-state index < -0.39 is 0 Å². The van der Waals surface area contributed by atoms with Crippen LogP contribution in [0, 0.1) is 12.7 Å². The van der Waals surface area contributed by atoms with E-state index in [2.05, 4.69) is 43.4 Å². The molecule has 1 fully saturated rings. The van der Waals surface area contributed by atoms with Crippen molar-refractivity contribution in [1.82, 2.24) is 20.3 Å². The standard InChI is InChI=1S/C30H28FN5O/c1-19-16-33-27-7-5-22(29(31)28(19)27)17-35-30(37)21-8-9-32-24(14-21)13-20-4-6-26-23(12-20)15-25(18-34-26)36-10-2-3-11-36/h4-9,12,14-16,18,33H,2-3,10-11,13,17H2,1H3,(H,35,37). The molecular formula is C30H28FN5O. The molecule has 1 saturated heterocycles. The molecule has 1 aliphatic rings. The molecule has 37 heavy (non-hydrogen) atoms. The molecule has 0 radical (unpaired) electrons. The lowest BCUT2D eigenvalue weighted by Gasteiger charge is -2.17. The van der Waals surface area contributed by atoms with E-state index in [-0.39, 0.29) is 18.3 Å². The fraction of sp³-hybridized carbons (Fsp3) is 0.233. The van der Waals surface area contributed by atoms with Gasteiger partial charge in [-0.05, 0) is 67.3 Å². The van der Waals surface area contributed by atoms with Gasteiger partial charge in [-0.3, -0.25) is 14.8 Å². The van der Waals surface area contributed by atoms with Crippen molar-refractivity contribution in [2.24, 2.45) is 0 Å². The fourth-order valence-corrected chi connectivity index (χ4v) is 5.15. The van der Waals surface area contributed by atoms with Gasteiger partial charge in [0, 0.05) is 71.6 Å². The van der Waals surface area contributed by atoms with Crippen LogP contribution in [0.3, 0.4) is 0 Å². The second-order valence-electron chi connectivity index (χ2n) is 9.74. The number of carbonyl (C=O) groups excluding carboxylic acids is 1. The molecule has 6 rings (SSSR count). The molecule has 2 N–H and O–H groups in total. The SMILES string of the molecule is Cc1c[nH]c2ccc(CNC(=O)c3ccnc(Cc4ccc5ncc(N6CCCC6)cc5c4)c3)c(F)c12. The highest BCUT2D eigenvalue weighted by Crippen LogP contribution is 2.26. The van der Waals surface area contributed by atoms with Gasteiger partial charge in [-0.2, -0.15) is 0 Å². The Balaban J connectivity index is 1.17. The molecule has 0 unspecified atom stereocenters. The maximum Gasteiger partial charge on any atom is 0.251 e. The summed E-state index contributed by atoms with van der Waals surface area (Å²) in [4.78, 5) is 27.4. The molecule has 4 heterocycles. The van der Waals surface area contributed by atoms with Crippen LogP contribution in [0.15, 0.2) is 67.1 Å². The van der Waals surface area contributed by atoms with Crippen molar-refractivity contribution >= 4 is 33.4 Å². The molecule has 0 spiro atoms. The van der Waals surface area contributed by atoms with E-state index in [1.807, 2.05) is 25.3 Å². The number of hydrogen-bond acceptors (Lipinski definition) is 4. The molecule has 6 nitrogen and oxygen atoms in total. The summed E-state index contributed by atoms with van der Waals surface area (Å²) >= 11 is 0. The Kier molecular flexibility index (Phi) is 6.04. The number of anilines is 1. The average Bonchev–Trinajstić information content (AvgIpc) is 3.59. The van der Waals surface area contributed by atoms with Gasteiger partial charge < -0.3 is 15.2 Å². The summed E-state index contributed by atoms with van der Waals surface area (Å²) in [6.45, 7) is 4.14. The minimum absolute atomic E-state index is 0.111. The summed E-state index contributed by atoms with van der Waals surface area (Å²) in [5.74, 6) is -0.558. The van der Waals surface area contributed by atoms with E-state index >= 15 is 0 Å². The summed E-state index contributed by atoms with van der Waals surface area (Å²) in [7, 11) is 0. The van der Waals surface area contributed by atoms with Crippen molar-refractivity contribution in [2.45, 2.75) is 32.7 Å². The van der Waals surface area contributed by atoms with Gasteiger partial charge in [-0.25, -0.2) is 4.39 Å². The van der Waals surface area contributed by atoms with E-state index in [1.165, 1.54) is 18.5 Å². The van der Waals surface area contributed by atoms with Gasteiger partial charge in [0.15, 0.2) is 0 Å². The van der Waals surface area contributed by atoms with E-state index in [9.17, 15) is 9.18 Å². The number of benzene rings is 2. The van der Waals surface area contributed by atoms with Crippen molar-refractivity contribution in [2.75, 3.05) is 18.0 Å². The van der Waals surface area contributed by atoms with Gasteiger partial charge in [0.05, 0.1) is 17.4 Å². The smallest absolute Gasteiger partial charge is 0.251 e. The monoisotopic (exact) mass is 493 g/mol. The Morgan fingerprint density at radius 2 is 1.95 bits per heavy atom. The first kappa shape index (κ1) is 23.2. The second-order valence-corrected chi connectivity index (χ2v) is 9.74. The van der Waals surface area contributed by atoms with Crippen LogP contribution in [-0.2, 0) is 13.0 Å². The van der Waals surface area contributed by atoms with Crippen LogP contribution >= 0.6 is 0 Å². The summed E-state index contributed by atoms with van der Waals surface area (Å²) in [5.41, 5.74) is 6.59. The van der Waals surface area contributed by atoms with E-state index in [1.54, 1.807) is 30.6 Å². The molecule has 3 aromatic heterocycles. The van der Waals surface area contributed by atoms with Crippen molar-refractivity contribution < 1.29 is 9.18 Å². The zero-order valence-electron chi connectivity index (χ0n) is 20.7. The minimum atomic E-state index is -0.300. The lowest BCUT2D eigenvalue weighted by molar-refractivity contribution is 0.0950. The van der Waals surface area contributed by atoms with Crippen molar-refractivity contribution in [3.63, 3.8) is 0 Å². The fourth-order valence-electron chi connectivity index (χ4n) is 5.15. The number of hydrogen-bond donors (Lipinski definition) is 2. The van der Waals surface area contributed by atoms with Crippen LogP contribution in [0.1, 0.15) is 45.6 Å². The van der Waals surface area contributed by atoms with Crippen LogP contribution in [0.25, 0.3) is 21.8 Å². The van der Waals surface area contributed by atoms with Gasteiger partial charge >= 0.3 is 0 Å². The van der Waals surface area contributed by atoms with Gasteiger partial charge in [-0.1, -0.05) is 12.1 Å². The number of amides is 1. The third-order valence-corrected chi connectivity index (χ3v) is 7.17. The molecule has 0 bridgehead atoms. The molecule has 1 amide bonds. The lowest BCUT2D eigenvalue weighted by atomic mass is 10.0. The first-order valence-corrected chi connectivity index (χ1v) is 12.7. The summed E-state index contributed by atoms with van der Waals surface area (Å²) < 4.78 is 15.0. The molecule has 0 saturated carbocycles. The number of aryl methyl sites for hydroxylation is 1. The topological polar surface area (TPSA) is 73.9 Å². The largest absolute Gasteiger partial charge is 0.370 e. The van der Waals surface area contributed by atoms with E-state index in [0.29, 0.717) is 22.9 Å². The predicted molar refractivity (Wildman–Crippen MR) is 144 cm³/mol. The van der Waals surface area contributed by atoms with Crippen LogP contribution in [0.2, 0.25) is 0 Å². The number of aromatic nitrogens is 3. The zero-order chi connectivity index (χ0) is 25.4. The number of pyridine rings is 2. The van der Waals surface area contributed by atoms with Gasteiger partial charge in [0.25, 0.3) is 5.91 Å². The van der Waals surface area contributed by atoms with Crippen molar-refractivity contribution in [1.29, 1.82) is 0 Å². The zero-order valence-corrected chi connectivity index (χ0v) is 20.7. The average molecular weight is 494 g/mol. The molecular weight excluding hydrogens is 465 g/mol. The third kappa shape index (κ3) is 4.65. The molecule has 5 aromatic rings. The predicted octanol–water partition coefficient (Wildman–Crippen LogP) is 5.68. The van der Waals surface area contributed by atoms with E-state index in [4.69, 9.17) is 0 Å². The van der Waals surface area contributed by atoms with Gasteiger partial charge in [0.1, 0.15) is 5.82 Å². The first-order valence-electron chi connectivity index (χ1n) is 12.7. The summed E-state index contributed by atoms with van der Waals surface area (Å²) in [6.07, 6.45) is 8.44. The molecule has 2 aromatic carbocycles. The molecule has 1 aliphatic heterocycles. The highest BCUT2D eigenvalue weighted by atomic mass is 19.1. The highest BCUT2D eigenvalue weighted by Gasteiger charge is 2.15. The van der Waals surface area contributed by atoms with Gasteiger partial charge in [0.2, 0.25) is 0 Å². The molecule has 0 aliphatic carbocycles. The number of carbonyl (C=O) groups is 1. The first-order chi connectivity index (χ1) is 18.0. The number of aromatic amines is 1.